The molecule has 0 N–H and O–H groups in total. The number of anilines is 1. The highest BCUT2D eigenvalue weighted by atomic mass is 35.5. The Labute approximate surface area is 203 Å². The summed E-state index contributed by atoms with van der Waals surface area (Å²) in [6, 6.07) is 0. The number of carbonyl (C=O) groups excluding carboxylic acids is 5. The third kappa shape index (κ3) is 5.54. The maximum atomic E-state index is 12.1. The molecule has 0 aromatic carbocycles. The van der Waals surface area contributed by atoms with Crippen LogP contribution in [0.3, 0.4) is 0 Å². The van der Waals surface area contributed by atoms with Crippen molar-refractivity contribution in [2.75, 3.05) is 11.5 Å². The van der Waals surface area contributed by atoms with Crippen LogP contribution in [0.5, 0.6) is 0 Å². The third-order valence-electron chi connectivity index (χ3n) is 4.83. The summed E-state index contributed by atoms with van der Waals surface area (Å²) in [6.45, 7) is 5.53. The van der Waals surface area contributed by atoms with Crippen molar-refractivity contribution in [1.29, 1.82) is 0 Å². The van der Waals surface area contributed by atoms with E-state index in [9.17, 15) is 24.0 Å². The molecule has 0 aliphatic carbocycles. The Bertz CT molecular complexity index is 1190. The predicted molar refractivity (Wildman–Crippen MR) is 116 cm³/mol. The van der Waals surface area contributed by atoms with Crippen molar-refractivity contribution in [2.24, 2.45) is 0 Å². The molecular weight excluding hydrogens is 490 g/mol. The third-order valence-corrected chi connectivity index (χ3v) is 5.00. The lowest BCUT2D eigenvalue weighted by Crippen LogP contribution is -2.40. The van der Waals surface area contributed by atoms with Gasteiger partial charge >= 0.3 is 17.9 Å². The molecule has 1 aliphatic rings. The van der Waals surface area contributed by atoms with Gasteiger partial charge in [-0.05, 0) is 11.6 Å². The second-order valence-corrected chi connectivity index (χ2v) is 7.87. The maximum Gasteiger partial charge on any atom is 0.303 e. The summed E-state index contributed by atoms with van der Waals surface area (Å²) in [5.74, 6) is -3.41. The molecule has 14 nitrogen and oxygen atoms in total. The molecule has 15 heteroatoms. The minimum atomic E-state index is -1.21. The van der Waals surface area contributed by atoms with Crippen molar-refractivity contribution in [3.8, 4) is 0 Å². The number of ether oxygens (including phenoxy) is 4. The fourth-order valence-corrected chi connectivity index (χ4v) is 3.81. The Hall–Kier alpha value is -3.65. The van der Waals surface area contributed by atoms with Gasteiger partial charge in [-0.15, -0.1) is 0 Å². The van der Waals surface area contributed by atoms with E-state index >= 15 is 0 Å². The molecule has 0 saturated carbocycles. The predicted octanol–water partition coefficient (Wildman–Crippen LogP) is 0.703. The number of hydrogen-bond donors (Lipinski definition) is 0. The first kappa shape index (κ1) is 26.0. The number of imidazole rings is 1. The Kier molecular flexibility index (Phi) is 7.65. The zero-order valence-electron chi connectivity index (χ0n) is 19.4. The van der Waals surface area contributed by atoms with Crippen molar-refractivity contribution >= 4 is 58.3 Å². The summed E-state index contributed by atoms with van der Waals surface area (Å²) >= 11 is 6.08. The monoisotopic (exact) mass is 511 g/mol. The lowest BCUT2D eigenvalue weighted by Gasteiger charge is -2.23. The minimum absolute atomic E-state index is 0.0254. The van der Waals surface area contributed by atoms with Crippen molar-refractivity contribution < 1.29 is 42.9 Å². The van der Waals surface area contributed by atoms with E-state index in [1.54, 1.807) is 0 Å². The lowest BCUT2D eigenvalue weighted by molar-refractivity contribution is -0.166. The molecule has 1 fully saturated rings. The van der Waals surface area contributed by atoms with Gasteiger partial charge in [0.25, 0.3) is 0 Å². The molecule has 3 heterocycles. The smallest absolute Gasteiger partial charge is 0.303 e. The van der Waals surface area contributed by atoms with Gasteiger partial charge in [0.05, 0.1) is 6.33 Å². The molecule has 0 bridgehead atoms. The number of rotatable bonds is 6. The summed E-state index contributed by atoms with van der Waals surface area (Å²) in [5.41, 5.74) is 0.0572. The molecule has 0 spiro atoms. The first-order valence-corrected chi connectivity index (χ1v) is 10.6. The van der Waals surface area contributed by atoms with E-state index in [2.05, 4.69) is 15.0 Å². The van der Waals surface area contributed by atoms with E-state index in [4.69, 9.17) is 30.5 Å². The van der Waals surface area contributed by atoms with Crippen LogP contribution >= 0.6 is 11.6 Å². The largest absolute Gasteiger partial charge is 0.463 e. The van der Waals surface area contributed by atoms with E-state index in [0.717, 1.165) is 18.7 Å². The van der Waals surface area contributed by atoms with Crippen molar-refractivity contribution in [1.82, 2.24) is 19.5 Å². The van der Waals surface area contributed by atoms with Gasteiger partial charge in [-0.2, -0.15) is 9.97 Å². The average molecular weight is 512 g/mol. The second kappa shape index (κ2) is 10.3. The van der Waals surface area contributed by atoms with Crippen molar-refractivity contribution in [3.05, 3.63) is 11.6 Å². The quantitative estimate of drug-likeness (QED) is 0.302. The van der Waals surface area contributed by atoms with Crippen LogP contribution in [0.15, 0.2) is 6.33 Å². The zero-order valence-corrected chi connectivity index (χ0v) is 20.1. The number of esters is 3. The van der Waals surface area contributed by atoms with Crippen molar-refractivity contribution in [2.45, 2.75) is 59.2 Å². The number of imide groups is 1. The first-order valence-electron chi connectivity index (χ1n) is 10.2. The Morgan fingerprint density at radius 3 is 2.11 bits per heavy atom. The van der Waals surface area contributed by atoms with E-state index in [0.29, 0.717) is 0 Å². The van der Waals surface area contributed by atoms with Crippen LogP contribution < -0.4 is 4.90 Å². The van der Waals surface area contributed by atoms with Crippen LogP contribution in [0.1, 0.15) is 40.8 Å². The number of hydrogen-bond acceptors (Lipinski definition) is 12. The molecule has 0 radical (unpaired) electrons. The van der Waals surface area contributed by atoms with E-state index < -0.39 is 54.3 Å². The van der Waals surface area contributed by atoms with Crippen molar-refractivity contribution in [3.63, 3.8) is 0 Å². The second-order valence-electron chi connectivity index (χ2n) is 7.53. The number of carbonyl (C=O) groups is 5. The van der Waals surface area contributed by atoms with Gasteiger partial charge in [0.15, 0.2) is 35.4 Å². The van der Waals surface area contributed by atoms with Crippen LogP contribution in [-0.4, -0.2) is 74.2 Å². The van der Waals surface area contributed by atoms with Crippen LogP contribution in [0.2, 0.25) is 5.28 Å². The highest BCUT2D eigenvalue weighted by Gasteiger charge is 2.51. The van der Waals surface area contributed by atoms with Gasteiger partial charge in [-0.25, -0.2) is 9.88 Å². The minimum Gasteiger partial charge on any atom is -0.463 e. The summed E-state index contributed by atoms with van der Waals surface area (Å²) in [4.78, 5) is 72.2. The van der Waals surface area contributed by atoms with Gasteiger partial charge in [0.2, 0.25) is 17.1 Å². The Morgan fingerprint density at radius 2 is 1.57 bits per heavy atom. The molecular formula is C20H22ClN5O9. The molecule has 3 rings (SSSR count). The molecule has 188 valence electrons. The fraction of sp³-hybridized carbons (Fsp3) is 0.500. The van der Waals surface area contributed by atoms with Gasteiger partial charge in [-0.1, -0.05) is 0 Å². The highest BCUT2D eigenvalue weighted by Crippen LogP contribution is 2.37. The number of halogens is 1. The Balaban J connectivity index is 2.14. The normalized spacial score (nSPS) is 21.4. The number of amides is 2. The lowest BCUT2D eigenvalue weighted by atomic mass is 10.1. The summed E-state index contributed by atoms with van der Waals surface area (Å²) in [7, 11) is 0. The summed E-state index contributed by atoms with van der Waals surface area (Å²) in [5, 5.41) is -0.309. The van der Waals surface area contributed by atoms with Gasteiger partial charge in [-0.3, -0.25) is 28.5 Å². The zero-order chi connectivity index (χ0) is 26.0. The maximum absolute atomic E-state index is 12.1. The van der Waals surface area contributed by atoms with E-state index in [1.807, 2.05) is 0 Å². The fourth-order valence-electron chi connectivity index (χ4n) is 3.65. The van der Waals surface area contributed by atoms with Crippen LogP contribution in [-0.2, 0) is 42.9 Å². The van der Waals surface area contributed by atoms with E-state index in [-0.39, 0.29) is 28.9 Å². The average Bonchev–Trinajstić information content (AvgIpc) is 3.27. The highest BCUT2D eigenvalue weighted by molar-refractivity contribution is 6.29. The molecule has 1 aliphatic heterocycles. The number of nitrogens with zero attached hydrogens (tertiary/aromatic N) is 5. The molecule has 2 aromatic heterocycles. The van der Waals surface area contributed by atoms with Gasteiger partial charge in [0.1, 0.15) is 12.7 Å². The topological polar surface area (TPSA) is 169 Å². The van der Waals surface area contributed by atoms with Crippen LogP contribution in [0.25, 0.3) is 11.2 Å². The molecule has 1 unspecified atom stereocenters. The standard InChI is InChI=1S/C20H22ClN5O9/c1-8(27)26(9(2)28)18-14-17(23-20(21)24-18)25(7-22-14)19-16(34-12(5)31)15(33-11(4)30)13(35-19)6-32-10(3)29/h7,13,15-16,19H,6H2,1-5H3/t13-,15+,16?,19-/m1/s1. The van der Waals surface area contributed by atoms with Gasteiger partial charge in [0, 0.05) is 34.6 Å². The molecule has 2 aromatic rings. The molecule has 1 saturated heterocycles. The molecule has 2 amide bonds. The Morgan fingerprint density at radius 1 is 0.971 bits per heavy atom. The SMILES string of the molecule is CC(=O)OC[C@H]1O[C@@H](n2cnc3c(N(C(C)=O)C(C)=O)nc(Cl)nc32)C(OC(C)=O)[C@H]1OC(C)=O. The van der Waals surface area contributed by atoms with Crippen LogP contribution in [0, 0.1) is 0 Å². The molecule has 35 heavy (non-hydrogen) atoms. The van der Waals surface area contributed by atoms with Crippen LogP contribution in [0.4, 0.5) is 5.82 Å². The number of aromatic nitrogens is 4. The first-order chi connectivity index (χ1) is 16.4. The summed E-state index contributed by atoms with van der Waals surface area (Å²) in [6.07, 6.45) is -3.30. The summed E-state index contributed by atoms with van der Waals surface area (Å²) < 4.78 is 23.0. The number of fused-ring (bicyclic) bond motifs is 1. The van der Waals surface area contributed by atoms with Gasteiger partial charge < -0.3 is 18.9 Å². The molecule has 4 atom stereocenters. The van der Waals surface area contributed by atoms with E-state index in [1.165, 1.54) is 31.7 Å².